The Bertz CT molecular complexity index is 1180. The highest BCUT2D eigenvalue weighted by molar-refractivity contribution is 6.16. The fourth-order valence-corrected chi connectivity index (χ4v) is 3.00. The van der Waals surface area contributed by atoms with Crippen molar-refractivity contribution in [2.24, 2.45) is 0 Å². The minimum atomic E-state index is -0.808. The van der Waals surface area contributed by atoms with E-state index in [4.69, 9.17) is 16.4 Å². The summed E-state index contributed by atoms with van der Waals surface area (Å²) in [5, 5.41) is 30.2. The van der Waals surface area contributed by atoms with Crippen molar-refractivity contribution in [3.63, 3.8) is 0 Å². The average molecular weight is 433 g/mol. The summed E-state index contributed by atoms with van der Waals surface area (Å²) >= 11 is 0. The van der Waals surface area contributed by atoms with Crippen LogP contribution in [0.2, 0.25) is 0 Å². The minimum absolute atomic E-state index is 0.0190. The standard InChI is InChI=1S/C22H20FN7O2/c23-16-7-6-15(12-17(16)31)19(25)18-20(26)28-13-29-21(18)27-9-11-30(10-8-24)22(32)14-4-2-1-3-5-14/h1-7,12-13,25,31H,9-11H2,(H3,26,27,28,29). The van der Waals surface area contributed by atoms with E-state index < -0.39 is 11.6 Å². The van der Waals surface area contributed by atoms with Crippen molar-refractivity contribution >= 4 is 23.3 Å². The first-order valence-electron chi connectivity index (χ1n) is 9.55. The molecule has 5 N–H and O–H groups in total. The largest absolute Gasteiger partial charge is 0.505 e. The van der Waals surface area contributed by atoms with Crippen LogP contribution in [0.4, 0.5) is 16.0 Å². The molecule has 3 aromatic rings. The lowest BCUT2D eigenvalue weighted by Crippen LogP contribution is -2.35. The van der Waals surface area contributed by atoms with Crippen molar-refractivity contribution in [2.45, 2.75) is 0 Å². The van der Waals surface area contributed by atoms with Gasteiger partial charge in [-0.15, -0.1) is 0 Å². The molecule has 0 atom stereocenters. The van der Waals surface area contributed by atoms with Gasteiger partial charge in [-0.25, -0.2) is 14.4 Å². The molecular formula is C22H20FN7O2. The normalized spacial score (nSPS) is 10.2. The van der Waals surface area contributed by atoms with E-state index in [9.17, 15) is 14.3 Å². The van der Waals surface area contributed by atoms with Gasteiger partial charge in [-0.1, -0.05) is 18.2 Å². The zero-order valence-corrected chi connectivity index (χ0v) is 16.9. The SMILES string of the molecule is N#CCN(CCNc1ncnc(N)c1C(=N)c1ccc(F)c(O)c1)C(=O)c1ccccc1. The first kappa shape index (κ1) is 22.2. The number of hydrogen-bond acceptors (Lipinski definition) is 8. The number of rotatable bonds is 8. The fraction of sp³-hybridized carbons (Fsp3) is 0.136. The van der Waals surface area contributed by atoms with Crippen molar-refractivity contribution in [1.29, 1.82) is 10.7 Å². The Labute approximate surface area is 183 Å². The quantitative estimate of drug-likeness (QED) is 0.314. The van der Waals surface area contributed by atoms with Crippen LogP contribution in [0.15, 0.2) is 54.9 Å². The number of hydrogen-bond donors (Lipinski definition) is 4. The van der Waals surface area contributed by atoms with Gasteiger partial charge in [-0.2, -0.15) is 5.26 Å². The highest BCUT2D eigenvalue weighted by Crippen LogP contribution is 2.24. The van der Waals surface area contributed by atoms with E-state index >= 15 is 0 Å². The molecule has 0 aliphatic rings. The van der Waals surface area contributed by atoms with Crippen molar-refractivity contribution in [2.75, 3.05) is 30.7 Å². The van der Waals surface area contributed by atoms with E-state index in [1.807, 2.05) is 6.07 Å². The third-order valence-electron chi connectivity index (χ3n) is 4.61. The number of amides is 1. The second-order valence-corrected chi connectivity index (χ2v) is 6.70. The Morgan fingerprint density at radius 2 is 1.97 bits per heavy atom. The molecule has 0 saturated carbocycles. The molecule has 0 bridgehead atoms. The second-order valence-electron chi connectivity index (χ2n) is 6.70. The van der Waals surface area contributed by atoms with E-state index in [2.05, 4.69) is 15.3 Å². The van der Waals surface area contributed by atoms with Crippen molar-refractivity contribution in [1.82, 2.24) is 14.9 Å². The molecule has 0 aliphatic heterocycles. The lowest BCUT2D eigenvalue weighted by atomic mass is 10.0. The lowest BCUT2D eigenvalue weighted by molar-refractivity contribution is 0.0782. The minimum Gasteiger partial charge on any atom is -0.505 e. The van der Waals surface area contributed by atoms with Crippen molar-refractivity contribution < 1.29 is 14.3 Å². The Balaban J connectivity index is 1.77. The van der Waals surface area contributed by atoms with Crippen LogP contribution in [0.25, 0.3) is 0 Å². The number of aromatic nitrogens is 2. The summed E-state index contributed by atoms with van der Waals surface area (Å²) in [7, 11) is 0. The average Bonchev–Trinajstić information content (AvgIpc) is 2.80. The Morgan fingerprint density at radius 1 is 1.22 bits per heavy atom. The van der Waals surface area contributed by atoms with Gasteiger partial charge < -0.3 is 21.1 Å². The van der Waals surface area contributed by atoms with E-state index in [1.165, 1.54) is 17.3 Å². The number of carbonyl (C=O) groups excluding carboxylic acids is 1. The van der Waals surface area contributed by atoms with Crippen LogP contribution in [0, 0.1) is 22.6 Å². The topological polar surface area (TPSA) is 152 Å². The molecule has 9 nitrogen and oxygen atoms in total. The molecule has 0 saturated heterocycles. The highest BCUT2D eigenvalue weighted by atomic mass is 19.1. The highest BCUT2D eigenvalue weighted by Gasteiger charge is 2.19. The van der Waals surface area contributed by atoms with Gasteiger partial charge in [0.1, 0.15) is 24.5 Å². The van der Waals surface area contributed by atoms with Crippen LogP contribution < -0.4 is 11.1 Å². The second kappa shape index (κ2) is 9.99. The molecule has 0 aliphatic carbocycles. The first-order valence-corrected chi connectivity index (χ1v) is 9.55. The number of anilines is 2. The third kappa shape index (κ3) is 4.96. The van der Waals surface area contributed by atoms with Crippen molar-refractivity contribution in [3.8, 4) is 11.8 Å². The maximum atomic E-state index is 13.4. The molecule has 1 heterocycles. The maximum Gasteiger partial charge on any atom is 0.254 e. The zero-order chi connectivity index (χ0) is 23.1. The van der Waals surface area contributed by atoms with Crippen LogP contribution in [0.3, 0.4) is 0 Å². The molecular weight excluding hydrogens is 413 g/mol. The number of phenolic OH excluding ortho intramolecular Hbond substituents is 1. The van der Waals surface area contributed by atoms with Gasteiger partial charge in [0.05, 0.1) is 17.3 Å². The Kier molecular flexibility index (Phi) is 6.92. The van der Waals surface area contributed by atoms with Crippen LogP contribution in [0.1, 0.15) is 21.5 Å². The monoisotopic (exact) mass is 433 g/mol. The predicted molar refractivity (Wildman–Crippen MR) is 117 cm³/mol. The third-order valence-corrected chi connectivity index (χ3v) is 4.61. The van der Waals surface area contributed by atoms with Gasteiger partial charge in [-0.3, -0.25) is 10.2 Å². The molecule has 2 aromatic carbocycles. The molecule has 0 fully saturated rings. The number of phenols is 1. The Hall–Kier alpha value is -4.52. The van der Waals surface area contributed by atoms with E-state index in [1.54, 1.807) is 30.3 Å². The van der Waals surface area contributed by atoms with Gasteiger partial charge >= 0.3 is 0 Å². The summed E-state index contributed by atoms with van der Waals surface area (Å²) in [5.74, 6) is -1.44. The molecule has 3 rings (SSSR count). The first-order chi connectivity index (χ1) is 15.4. The molecule has 0 unspecified atom stereocenters. The molecule has 10 heteroatoms. The number of nitrogens with two attached hydrogens (primary N) is 1. The van der Waals surface area contributed by atoms with E-state index in [0.29, 0.717) is 5.56 Å². The number of nitrogens with one attached hydrogen (secondary N) is 2. The van der Waals surface area contributed by atoms with Crippen LogP contribution in [0.5, 0.6) is 5.75 Å². The van der Waals surface area contributed by atoms with E-state index in [-0.39, 0.29) is 54.0 Å². The number of nitrogens with zero attached hydrogens (tertiary/aromatic N) is 4. The summed E-state index contributed by atoms with van der Waals surface area (Å²) in [6.07, 6.45) is 1.22. The Morgan fingerprint density at radius 3 is 2.66 bits per heavy atom. The molecule has 32 heavy (non-hydrogen) atoms. The number of halogens is 1. The maximum absolute atomic E-state index is 13.4. The van der Waals surface area contributed by atoms with Gasteiger partial charge in [0.25, 0.3) is 5.91 Å². The summed E-state index contributed by atoms with van der Waals surface area (Å²) in [6, 6.07) is 14.1. The summed E-state index contributed by atoms with van der Waals surface area (Å²) in [5.41, 5.74) is 6.69. The summed E-state index contributed by atoms with van der Waals surface area (Å²) in [4.78, 5) is 22.1. The molecule has 0 radical (unpaired) electrons. The summed E-state index contributed by atoms with van der Waals surface area (Å²) in [6.45, 7) is 0.305. The van der Waals surface area contributed by atoms with E-state index in [0.717, 1.165) is 12.1 Å². The number of carbonyl (C=O) groups is 1. The fourth-order valence-electron chi connectivity index (χ4n) is 3.00. The summed E-state index contributed by atoms with van der Waals surface area (Å²) < 4.78 is 13.4. The molecule has 1 aromatic heterocycles. The van der Waals surface area contributed by atoms with Crippen LogP contribution >= 0.6 is 0 Å². The lowest BCUT2D eigenvalue weighted by Gasteiger charge is -2.21. The van der Waals surface area contributed by atoms with Crippen LogP contribution in [-0.4, -0.2) is 51.2 Å². The molecule has 0 spiro atoms. The number of nitriles is 1. The number of aromatic hydroxyl groups is 1. The predicted octanol–water partition coefficient (Wildman–Crippen LogP) is 2.40. The van der Waals surface area contributed by atoms with Gasteiger partial charge in [0, 0.05) is 24.2 Å². The van der Waals surface area contributed by atoms with Gasteiger partial charge in [-0.05, 0) is 30.3 Å². The number of benzene rings is 2. The van der Waals surface area contributed by atoms with Crippen LogP contribution in [-0.2, 0) is 0 Å². The number of nitrogen functional groups attached to an aromatic ring is 1. The van der Waals surface area contributed by atoms with Gasteiger partial charge in [0.15, 0.2) is 11.6 Å². The van der Waals surface area contributed by atoms with Crippen molar-refractivity contribution in [3.05, 3.63) is 77.4 Å². The zero-order valence-electron chi connectivity index (χ0n) is 16.9. The smallest absolute Gasteiger partial charge is 0.254 e. The molecule has 162 valence electrons. The van der Waals surface area contributed by atoms with Gasteiger partial charge in [0.2, 0.25) is 0 Å². The molecule has 1 amide bonds.